The van der Waals surface area contributed by atoms with E-state index in [1.807, 2.05) is 6.92 Å². The van der Waals surface area contributed by atoms with Crippen molar-refractivity contribution >= 4 is 17.3 Å². The van der Waals surface area contributed by atoms with Gasteiger partial charge in [0.25, 0.3) is 0 Å². The lowest BCUT2D eigenvalue weighted by Gasteiger charge is -2.27. The molecule has 0 aromatic heterocycles. The van der Waals surface area contributed by atoms with Gasteiger partial charge in [0.2, 0.25) is 5.91 Å². The van der Waals surface area contributed by atoms with Gasteiger partial charge in [0.15, 0.2) is 0 Å². The lowest BCUT2D eigenvalue weighted by atomic mass is 10.2. The first-order valence-electron chi connectivity index (χ1n) is 7.51. The molecule has 0 spiro atoms. The molecule has 0 saturated heterocycles. The Morgan fingerprint density at radius 2 is 1.95 bits per heavy atom. The number of anilines is 2. The number of nitrogens with two attached hydrogens (primary N) is 1. The third-order valence-corrected chi connectivity index (χ3v) is 3.47. The van der Waals surface area contributed by atoms with Crippen molar-refractivity contribution in [3.63, 3.8) is 0 Å². The molecule has 0 radical (unpaired) electrons. The summed E-state index contributed by atoms with van der Waals surface area (Å²) in [7, 11) is 1.59. The molecule has 0 aliphatic heterocycles. The Bertz CT molecular complexity index is 457. The molecule has 1 aromatic rings. The van der Waals surface area contributed by atoms with Crippen molar-refractivity contribution in [2.24, 2.45) is 0 Å². The van der Waals surface area contributed by atoms with Crippen LogP contribution in [0.25, 0.3) is 0 Å². The Morgan fingerprint density at radius 3 is 2.43 bits per heavy atom. The summed E-state index contributed by atoms with van der Waals surface area (Å²) >= 11 is 0. The monoisotopic (exact) mass is 293 g/mol. The van der Waals surface area contributed by atoms with E-state index in [2.05, 4.69) is 24.1 Å². The number of amides is 1. The average Bonchev–Trinajstić information content (AvgIpc) is 2.48. The number of carbonyl (C=O) groups is 1. The first kappa shape index (κ1) is 17.3. The number of nitrogen functional groups attached to an aromatic ring is 1. The Labute approximate surface area is 127 Å². The van der Waals surface area contributed by atoms with Crippen molar-refractivity contribution in [3.8, 4) is 5.75 Å². The van der Waals surface area contributed by atoms with Gasteiger partial charge in [-0.15, -0.1) is 0 Å². The highest BCUT2D eigenvalue weighted by atomic mass is 16.5. The van der Waals surface area contributed by atoms with Gasteiger partial charge < -0.3 is 15.8 Å². The van der Waals surface area contributed by atoms with Gasteiger partial charge >= 0.3 is 0 Å². The van der Waals surface area contributed by atoms with E-state index in [1.165, 1.54) is 0 Å². The number of nitrogens with one attached hydrogen (secondary N) is 1. The first-order chi connectivity index (χ1) is 10.0. The highest BCUT2D eigenvalue weighted by Gasteiger charge is 2.20. The quantitative estimate of drug-likeness (QED) is 0.723. The molecule has 5 nitrogen and oxygen atoms in total. The van der Waals surface area contributed by atoms with Gasteiger partial charge in [-0.3, -0.25) is 9.69 Å². The van der Waals surface area contributed by atoms with Crippen molar-refractivity contribution in [2.45, 2.75) is 39.7 Å². The highest BCUT2D eigenvalue weighted by molar-refractivity contribution is 5.97. The number of nitrogens with zero attached hydrogens (tertiary/aromatic N) is 1. The number of hydrogen-bond donors (Lipinski definition) is 2. The third kappa shape index (κ3) is 4.93. The van der Waals surface area contributed by atoms with Crippen LogP contribution in [0.1, 0.15) is 33.6 Å². The molecule has 1 unspecified atom stereocenters. The molecule has 0 aliphatic rings. The molecular formula is C16H27N3O2. The van der Waals surface area contributed by atoms with Gasteiger partial charge in [-0.25, -0.2) is 0 Å². The molecule has 1 atom stereocenters. The average molecular weight is 293 g/mol. The lowest BCUT2D eigenvalue weighted by Crippen LogP contribution is -2.42. The van der Waals surface area contributed by atoms with Crippen LogP contribution in [0.2, 0.25) is 0 Å². The second-order valence-corrected chi connectivity index (χ2v) is 5.15. The van der Waals surface area contributed by atoms with Gasteiger partial charge in [-0.05, 0) is 45.0 Å². The van der Waals surface area contributed by atoms with Crippen molar-refractivity contribution in [2.75, 3.05) is 31.2 Å². The van der Waals surface area contributed by atoms with Crippen molar-refractivity contribution in [1.29, 1.82) is 0 Å². The number of ether oxygens (including phenoxy) is 1. The maximum Gasteiger partial charge on any atom is 0.241 e. The van der Waals surface area contributed by atoms with E-state index in [-0.39, 0.29) is 11.9 Å². The minimum Gasteiger partial charge on any atom is -0.497 e. The van der Waals surface area contributed by atoms with Crippen LogP contribution in [0.4, 0.5) is 11.4 Å². The second kappa shape index (κ2) is 8.52. The normalized spacial score (nSPS) is 12.2. The Hall–Kier alpha value is -1.75. The lowest BCUT2D eigenvalue weighted by molar-refractivity contribution is -0.120. The fraction of sp³-hybridized carbons (Fsp3) is 0.562. The maximum atomic E-state index is 12.4. The molecule has 118 valence electrons. The zero-order valence-corrected chi connectivity index (χ0v) is 13.5. The molecule has 0 fully saturated rings. The summed E-state index contributed by atoms with van der Waals surface area (Å²) in [5.74, 6) is 0.644. The second-order valence-electron chi connectivity index (χ2n) is 5.15. The van der Waals surface area contributed by atoms with E-state index < -0.39 is 0 Å². The van der Waals surface area contributed by atoms with Crippen LogP contribution in [0.3, 0.4) is 0 Å². The first-order valence-corrected chi connectivity index (χ1v) is 7.51. The Kier molecular flexibility index (Phi) is 7.02. The SMILES string of the molecule is CCCN(CCC)C(C)C(=O)Nc1ccc(OC)cc1N. The molecule has 0 heterocycles. The van der Waals surface area contributed by atoms with Crippen LogP contribution in [-0.2, 0) is 4.79 Å². The zero-order chi connectivity index (χ0) is 15.8. The summed E-state index contributed by atoms with van der Waals surface area (Å²) in [6.07, 6.45) is 2.06. The summed E-state index contributed by atoms with van der Waals surface area (Å²) in [6, 6.07) is 5.08. The summed E-state index contributed by atoms with van der Waals surface area (Å²) in [4.78, 5) is 14.6. The number of rotatable bonds is 8. The number of carbonyl (C=O) groups excluding carboxylic acids is 1. The number of methoxy groups -OCH3 is 1. The predicted octanol–water partition coefficient (Wildman–Crippen LogP) is 2.73. The largest absolute Gasteiger partial charge is 0.497 e. The van der Waals surface area contributed by atoms with Gasteiger partial charge in [-0.2, -0.15) is 0 Å². The molecule has 0 aliphatic carbocycles. The van der Waals surface area contributed by atoms with Crippen LogP contribution in [0.5, 0.6) is 5.75 Å². The Morgan fingerprint density at radius 1 is 1.33 bits per heavy atom. The third-order valence-electron chi connectivity index (χ3n) is 3.47. The molecule has 0 saturated carbocycles. The van der Waals surface area contributed by atoms with Gasteiger partial charge in [0.05, 0.1) is 24.5 Å². The van der Waals surface area contributed by atoms with Crippen LogP contribution < -0.4 is 15.8 Å². The van der Waals surface area contributed by atoms with E-state index in [0.29, 0.717) is 17.1 Å². The van der Waals surface area contributed by atoms with Crippen LogP contribution >= 0.6 is 0 Å². The molecule has 21 heavy (non-hydrogen) atoms. The molecule has 5 heteroatoms. The van der Waals surface area contributed by atoms with E-state index in [1.54, 1.807) is 25.3 Å². The summed E-state index contributed by atoms with van der Waals surface area (Å²) in [5.41, 5.74) is 7.06. The summed E-state index contributed by atoms with van der Waals surface area (Å²) in [6.45, 7) is 8.00. The molecule has 0 bridgehead atoms. The van der Waals surface area contributed by atoms with Crippen LogP contribution in [0.15, 0.2) is 18.2 Å². The minimum atomic E-state index is -0.175. The zero-order valence-electron chi connectivity index (χ0n) is 13.5. The van der Waals surface area contributed by atoms with E-state index in [9.17, 15) is 4.79 Å². The Balaban J connectivity index is 2.74. The highest BCUT2D eigenvalue weighted by Crippen LogP contribution is 2.24. The predicted molar refractivity (Wildman–Crippen MR) is 87.7 cm³/mol. The smallest absolute Gasteiger partial charge is 0.241 e. The van der Waals surface area contributed by atoms with Gasteiger partial charge in [0, 0.05) is 6.07 Å². The molecule has 1 amide bonds. The summed E-state index contributed by atoms with van der Waals surface area (Å²) < 4.78 is 5.10. The standard InChI is InChI=1S/C16H27N3O2/c1-5-9-19(10-6-2)12(3)16(20)18-15-8-7-13(21-4)11-14(15)17/h7-8,11-12H,5-6,9-10,17H2,1-4H3,(H,18,20). The van der Waals surface area contributed by atoms with Crippen molar-refractivity contribution in [1.82, 2.24) is 4.90 Å². The topological polar surface area (TPSA) is 67.6 Å². The van der Waals surface area contributed by atoms with E-state index >= 15 is 0 Å². The van der Waals surface area contributed by atoms with Crippen molar-refractivity contribution < 1.29 is 9.53 Å². The van der Waals surface area contributed by atoms with E-state index in [0.717, 1.165) is 25.9 Å². The number of hydrogen-bond acceptors (Lipinski definition) is 4. The van der Waals surface area contributed by atoms with Gasteiger partial charge in [-0.1, -0.05) is 13.8 Å². The van der Waals surface area contributed by atoms with E-state index in [4.69, 9.17) is 10.5 Å². The maximum absolute atomic E-state index is 12.4. The van der Waals surface area contributed by atoms with Crippen LogP contribution in [-0.4, -0.2) is 37.0 Å². The molecule has 1 aromatic carbocycles. The fourth-order valence-corrected chi connectivity index (χ4v) is 2.26. The van der Waals surface area contributed by atoms with Crippen LogP contribution in [0, 0.1) is 0 Å². The molecule has 3 N–H and O–H groups in total. The fourth-order valence-electron chi connectivity index (χ4n) is 2.26. The molecular weight excluding hydrogens is 266 g/mol. The van der Waals surface area contributed by atoms with Gasteiger partial charge in [0.1, 0.15) is 5.75 Å². The minimum absolute atomic E-state index is 0.0335. The summed E-state index contributed by atoms with van der Waals surface area (Å²) in [5, 5.41) is 2.90. The van der Waals surface area contributed by atoms with Crippen molar-refractivity contribution in [3.05, 3.63) is 18.2 Å². The molecule has 1 rings (SSSR count). The number of benzene rings is 1.